The summed E-state index contributed by atoms with van der Waals surface area (Å²) < 4.78 is 0. The number of hydrogen-bond acceptors (Lipinski definition) is 0. The normalized spacial score (nSPS) is 14.7. The van der Waals surface area contributed by atoms with Crippen molar-refractivity contribution >= 4 is 40.4 Å². The molecule has 0 unspecified atom stereocenters. The fraction of sp³-hybridized carbons (Fsp3) is 1.00. The van der Waals surface area contributed by atoms with Gasteiger partial charge in [0.25, 0.3) is 0 Å². The van der Waals surface area contributed by atoms with Gasteiger partial charge < -0.3 is 0 Å². The monoisotopic (exact) mass is 490 g/mol. The van der Waals surface area contributed by atoms with Crippen LogP contribution in [0.1, 0.15) is 13.8 Å². The third kappa shape index (κ3) is 25.2. The summed E-state index contributed by atoms with van der Waals surface area (Å²) in [5.74, 6) is 0.975. The standard InChI is InChI=1S/C14H36Si3.C10H26Si2/c1-14(11-15(2,3)4,12-16(5,6)7)13-17(8,9)10;1-10(8-11(2,3)4)9-12(5,6)7/h11-13H2,1-10H3;10H,8-9H2,1-7H3. The zero-order valence-electron chi connectivity index (χ0n) is 24.1. The van der Waals surface area contributed by atoms with E-state index < -0.39 is 40.4 Å². The van der Waals surface area contributed by atoms with Crippen LogP contribution < -0.4 is 0 Å². The minimum absolute atomic E-state index is 0.638. The maximum atomic E-state index is 2.60. The van der Waals surface area contributed by atoms with Crippen LogP contribution >= 0.6 is 0 Å². The number of rotatable bonds is 10. The summed E-state index contributed by atoms with van der Waals surface area (Å²) in [7, 11) is -4.44. The van der Waals surface area contributed by atoms with Gasteiger partial charge in [0.1, 0.15) is 0 Å². The molecule has 0 nitrogen and oxygen atoms in total. The zero-order valence-corrected chi connectivity index (χ0v) is 29.1. The molecular formula is C24H62Si5. The second-order valence-electron chi connectivity index (χ2n) is 16.7. The lowest BCUT2D eigenvalue weighted by Gasteiger charge is -2.42. The molecule has 5 heteroatoms. The molecule has 0 bridgehead atoms. The molecule has 0 aliphatic heterocycles. The molecule has 0 saturated heterocycles. The van der Waals surface area contributed by atoms with Gasteiger partial charge in [-0.05, 0) is 11.3 Å². The molecule has 0 aromatic heterocycles. The SMILES string of the molecule is CC(C[Si](C)(C)C)(C[Si](C)(C)C)C[Si](C)(C)C.CC(C[Si](C)(C)C)C[Si](C)(C)C. The molecule has 0 N–H and O–H groups in total. The highest BCUT2D eigenvalue weighted by atomic mass is 28.3. The molecule has 0 aromatic rings. The minimum Gasteiger partial charge on any atom is -0.0695 e. The summed E-state index contributed by atoms with van der Waals surface area (Å²) in [6, 6.07) is 7.59. The predicted molar refractivity (Wildman–Crippen MR) is 158 cm³/mol. The van der Waals surface area contributed by atoms with Gasteiger partial charge in [-0.1, -0.05) is 142 Å². The van der Waals surface area contributed by atoms with Gasteiger partial charge in [-0.2, -0.15) is 0 Å². The van der Waals surface area contributed by atoms with Crippen molar-refractivity contribution in [1.29, 1.82) is 0 Å². The molecule has 29 heavy (non-hydrogen) atoms. The van der Waals surface area contributed by atoms with Gasteiger partial charge >= 0.3 is 0 Å². The molecule has 0 saturated carbocycles. The molecule has 0 rings (SSSR count). The first kappa shape index (κ1) is 32.3. The third-order valence-corrected chi connectivity index (χ3v) is 14.4. The lowest BCUT2D eigenvalue weighted by atomic mass is 9.99. The van der Waals surface area contributed by atoms with Crippen LogP contribution in [0, 0.1) is 11.3 Å². The van der Waals surface area contributed by atoms with Gasteiger partial charge in [0, 0.05) is 40.4 Å². The smallest absolute Gasteiger partial charge is 0.0447 e. The van der Waals surface area contributed by atoms with E-state index in [0.29, 0.717) is 5.41 Å². The van der Waals surface area contributed by atoms with E-state index in [-0.39, 0.29) is 0 Å². The maximum absolute atomic E-state index is 2.60. The Morgan fingerprint density at radius 1 is 0.448 bits per heavy atom. The van der Waals surface area contributed by atoms with Crippen LogP contribution in [0.4, 0.5) is 0 Å². The Labute approximate surface area is 193 Å². The van der Waals surface area contributed by atoms with Crippen molar-refractivity contribution in [3.8, 4) is 0 Å². The van der Waals surface area contributed by atoms with Gasteiger partial charge in [0.15, 0.2) is 0 Å². The zero-order chi connectivity index (χ0) is 24.1. The Kier molecular flexibility index (Phi) is 12.6. The summed E-state index contributed by atoms with van der Waals surface area (Å²) in [5.41, 5.74) is 0.638. The average molecular weight is 491 g/mol. The van der Waals surface area contributed by atoms with E-state index in [4.69, 9.17) is 0 Å². The van der Waals surface area contributed by atoms with Crippen molar-refractivity contribution < 1.29 is 0 Å². The minimum atomic E-state index is -0.948. The van der Waals surface area contributed by atoms with Gasteiger partial charge in [0.05, 0.1) is 0 Å². The highest BCUT2D eigenvalue weighted by Crippen LogP contribution is 2.43. The molecule has 0 heterocycles. The fourth-order valence-corrected chi connectivity index (χ4v) is 20.1. The van der Waals surface area contributed by atoms with Crippen LogP contribution in [0.2, 0.25) is 128 Å². The van der Waals surface area contributed by atoms with E-state index in [1.165, 1.54) is 30.2 Å². The van der Waals surface area contributed by atoms with Crippen LogP contribution in [0.25, 0.3) is 0 Å². The first-order chi connectivity index (χ1) is 12.2. The van der Waals surface area contributed by atoms with E-state index in [1.54, 1.807) is 0 Å². The fourth-order valence-electron chi connectivity index (χ4n) is 6.19. The second-order valence-corrected chi connectivity index (χ2v) is 44.1. The number of hydrogen-bond donors (Lipinski definition) is 0. The summed E-state index contributed by atoms with van der Waals surface area (Å²) in [6.45, 7) is 42.8. The maximum Gasteiger partial charge on any atom is 0.0447 e. The van der Waals surface area contributed by atoms with E-state index >= 15 is 0 Å². The molecule has 0 spiro atoms. The first-order valence-electron chi connectivity index (χ1n) is 12.2. The third-order valence-electron chi connectivity index (χ3n) is 4.79. The largest absolute Gasteiger partial charge is 0.0695 e. The second kappa shape index (κ2) is 11.3. The molecule has 178 valence electrons. The van der Waals surface area contributed by atoms with E-state index in [1.807, 2.05) is 0 Å². The lowest BCUT2D eigenvalue weighted by Crippen LogP contribution is -2.41. The van der Waals surface area contributed by atoms with Gasteiger partial charge in [-0.25, -0.2) is 0 Å². The van der Waals surface area contributed by atoms with Crippen molar-refractivity contribution in [2.24, 2.45) is 11.3 Å². The van der Waals surface area contributed by atoms with Crippen LogP contribution in [0.5, 0.6) is 0 Å². The van der Waals surface area contributed by atoms with Crippen LogP contribution in [0.15, 0.2) is 0 Å². The molecule has 0 radical (unpaired) electrons. The highest BCUT2D eigenvalue weighted by molar-refractivity contribution is 6.80. The van der Waals surface area contributed by atoms with Crippen LogP contribution in [0.3, 0.4) is 0 Å². The molecule has 0 aliphatic carbocycles. The van der Waals surface area contributed by atoms with Crippen molar-refractivity contribution in [2.75, 3.05) is 0 Å². The summed E-state index contributed by atoms with van der Waals surface area (Å²) in [5, 5.41) is 0. The molecular weight excluding hydrogens is 429 g/mol. The predicted octanol–water partition coefficient (Wildman–Crippen LogP) is 10.3. The lowest BCUT2D eigenvalue weighted by molar-refractivity contribution is 0.446. The van der Waals surface area contributed by atoms with Gasteiger partial charge in [-0.15, -0.1) is 0 Å². The average Bonchev–Trinajstić information content (AvgIpc) is 2.11. The molecule has 0 amide bonds. The molecule has 0 aliphatic rings. The summed E-state index contributed by atoms with van der Waals surface area (Å²) in [4.78, 5) is 0. The quantitative estimate of drug-likeness (QED) is 0.267. The van der Waals surface area contributed by atoms with Gasteiger partial charge in [0.2, 0.25) is 0 Å². The molecule has 0 aromatic carbocycles. The summed E-state index contributed by atoms with van der Waals surface area (Å²) >= 11 is 0. The molecule has 0 atom stereocenters. The van der Waals surface area contributed by atoms with Crippen LogP contribution in [-0.2, 0) is 0 Å². The first-order valence-corrected chi connectivity index (χ1v) is 30.8. The van der Waals surface area contributed by atoms with E-state index in [2.05, 4.69) is 112 Å². The Bertz CT molecular complexity index is 393. The van der Waals surface area contributed by atoms with Gasteiger partial charge in [-0.3, -0.25) is 0 Å². The molecule has 0 fully saturated rings. The van der Waals surface area contributed by atoms with Crippen molar-refractivity contribution in [3.63, 3.8) is 0 Å². The van der Waals surface area contributed by atoms with Crippen molar-refractivity contribution in [3.05, 3.63) is 0 Å². The topological polar surface area (TPSA) is 0 Å². The highest BCUT2D eigenvalue weighted by Gasteiger charge is 2.38. The van der Waals surface area contributed by atoms with E-state index in [9.17, 15) is 0 Å². The Morgan fingerprint density at radius 3 is 0.793 bits per heavy atom. The summed E-state index contributed by atoms with van der Waals surface area (Å²) in [6.07, 6.45) is 0. The van der Waals surface area contributed by atoms with Crippen molar-refractivity contribution in [2.45, 2.75) is 142 Å². The van der Waals surface area contributed by atoms with E-state index in [0.717, 1.165) is 5.92 Å². The Balaban J connectivity index is 0. The van der Waals surface area contributed by atoms with Crippen molar-refractivity contribution in [1.82, 2.24) is 0 Å². The Morgan fingerprint density at radius 2 is 0.655 bits per heavy atom. The van der Waals surface area contributed by atoms with Crippen LogP contribution in [-0.4, -0.2) is 40.4 Å². The Hall–Kier alpha value is 1.08.